The van der Waals surface area contributed by atoms with E-state index in [1.807, 2.05) is 6.92 Å². The van der Waals surface area contributed by atoms with Gasteiger partial charge in [-0.1, -0.05) is 36.4 Å². The summed E-state index contributed by atoms with van der Waals surface area (Å²) in [5.74, 6) is -0.384. The molecule has 0 aromatic heterocycles. The molecule has 2 aliphatic rings. The normalized spacial score (nSPS) is 20.8. The molecule has 1 fully saturated rings. The fourth-order valence-corrected chi connectivity index (χ4v) is 5.94. The zero-order valence-electron chi connectivity index (χ0n) is 16.8. The average molecular weight is 413 g/mol. The van der Waals surface area contributed by atoms with E-state index in [0.717, 1.165) is 18.4 Å². The minimum Gasteiger partial charge on any atom is -0.349 e. The van der Waals surface area contributed by atoms with Gasteiger partial charge in [-0.05, 0) is 67.9 Å². The van der Waals surface area contributed by atoms with Gasteiger partial charge < -0.3 is 5.32 Å². The predicted octanol–water partition coefficient (Wildman–Crippen LogP) is 3.45. The fraction of sp³-hybridized carbons (Fsp3) is 0.435. The summed E-state index contributed by atoms with van der Waals surface area (Å²) in [4.78, 5) is 13.2. The molecule has 4 rings (SSSR count). The maximum absolute atomic E-state index is 12.9. The predicted molar refractivity (Wildman–Crippen MR) is 113 cm³/mol. The van der Waals surface area contributed by atoms with Gasteiger partial charge in [0.25, 0.3) is 0 Å². The van der Waals surface area contributed by atoms with Crippen LogP contribution in [0.4, 0.5) is 0 Å². The zero-order chi connectivity index (χ0) is 20.4. The summed E-state index contributed by atoms with van der Waals surface area (Å²) in [6.45, 7) is 2.69. The molecule has 1 aliphatic heterocycles. The number of carbonyl (C=O) groups is 1. The van der Waals surface area contributed by atoms with Crippen LogP contribution in [0.5, 0.6) is 0 Å². The zero-order valence-corrected chi connectivity index (χ0v) is 17.6. The van der Waals surface area contributed by atoms with E-state index in [2.05, 4.69) is 23.5 Å². The van der Waals surface area contributed by atoms with Gasteiger partial charge in [-0.15, -0.1) is 0 Å². The van der Waals surface area contributed by atoms with Crippen molar-refractivity contribution in [2.45, 2.75) is 50.0 Å². The monoisotopic (exact) mass is 412 g/mol. The Kier molecular flexibility index (Phi) is 5.74. The van der Waals surface area contributed by atoms with Gasteiger partial charge >= 0.3 is 0 Å². The number of nitrogens with zero attached hydrogens (tertiary/aromatic N) is 1. The van der Waals surface area contributed by atoms with Crippen molar-refractivity contribution in [3.8, 4) is 0 Å². The summed E-state index contributed by atoms with van der Waals surface area (Å²) in [5, 5.41) is 3.11. The van der Waals surface area contributed by atoms with E-state index in [0.29, 0.717) is 19.4 Å². The quantitative estimate of drug-likeness (QED) is 0.818. The second-order valence-corrected chi connectivity index (χ2v) is 10.1. The van der Waals surface area contributed by atoms with Crippen LogP contribution in [0.2, 0.25) is 0 Å². The molecule has 1 heterocycles. The highest BCUT2D eigenvalue weighted by Crippen LogP contribution is 2.27. The lowest BCUT2D eigenvalue weighted by Crippen LogP contribution is -2.45. The minimum absolute atomic E-state index is 0.0639. The Bertz CT molecular complexity index is 988. The highest BCUT2D eigenvalue weighted by atomic mass is 32.2. The van der Waals surface area contributed by atoms with Gasteiger partial charge in [-0.2, -0.15) is 4.31 Å². The van der Waals surface area contributed by atoms with E-state index >= 15 is 0 Å². The molecule has 0 spiro atoms. The van der Waals surface area contributed by atoms with Gasteiger partial charge in [0.1, 0.15) is 0 Å². The summed E-state index contributed by atoms with van der Waals surface area (Å²) >= 11 is 0. The van der Waals surface area contributed by atoms with Crippen molar-refractivity contribution in [3.63, 3.8) is 0 Å². The van der Waals surface area contributed by atoms with Crippen LogP contribution >= 0.6 is 0 Å². The summed E-state index contributed by atoms with van der Waals surface area (Å²) in [5.41, 5.74) is 3.92. The molecule has 0 bridgehead atoms. The molecule has 0 saturated carbocycles. The molecular weight excluding hydrogens is 384 g/mol. The van der Waals surface area contributed by atoms with E-state index in [-0.39, 0.29) is 29.3 Å². The van der Waals surface area contributed by atoms with Gasteiger partial charge in [0.15, 0.2) is 0 Å². The number of hydrogen-bond donors (Lipinski definition) is 1. The Morgan fingerprint density at radius 1 is 1.07 bits per heavy atom. The molecular formula is C23H28N2O3S. The smallest absolute Gasteiger partial charge is 0.243 e. The Hall–Kier alpha value is -2.18. The van der Waals surface area contributed by atoms with Gasteiger partial charge in [0, 0.05) is 13.1 Å². The number of fused-ring (bicyclic) bond motifs is 1. The number of amides is 1. The molecule has 2 atom stereocenters. The molecule has 6 heteroatoms. The lowest BCUT2D eigenvalue weighted by atomic mass is 9.97. The maximum atomic E-state index is 12.9. The van der Waals surface area contributed by atoms with Gasteiger partial charge in [0.2, 0.25) is 15.9 Å². The summed E-state index contributed by atoms with van der Waals surface area (Å²) in [6, 6.07) is 14.8. The molecule has 0 radical (unpaired) electrons. The van der Waals surface area contributed by atoms with Gasteiger partial charge in [-0.25, -0.2) is 8.42 Å². The van der Waals surface area contributed by atoms with E-state index in [1.54, 1.807) is 30.3 Å². The number of aryl methyl sites for hydroxylation is 2. The molecule has 2 aromatic carbocycles. The van der Waals surface area contributed by atoms with Crippen LogP contribution in [0.3, 0.4) is 0 Å². The van der Waals surface area contributed by atoms with Crippen LogP contribution < -0.4 is 5.32 Å². The number of sulfonamides is 1. The van der Waals surface area contributed by atoms with Crippen molar-refractivity contribution in [1.82, 2.24) is 9.62 Å². The topological polar surface area (TPSA) is 66.5 Å². The number of rotatable bonds is 5. The molecule has 154 valence electrons. The summed E-state index contributed by atoms with van der Waals surface area (Å²) in [6.07, 6.45) is 4.86. The first-order valence-electron chi connectivity index (χ1n) is 10.4. The Morgan fingerprint density at radius 3 is 2.62 bits per heavy atom. The lowest BCUT2D eigenvalue weighted by Gasteiger charge is -2.32. The first-order chi connectivity index (χ1) is 13.9. The van der Waals surface area contributed by atoms with Crippen LogP contribution in [-0.4, -0.2) is 31.7 Å². The third kappa shape index (κ3) is 4.23. The Morgan fingerprint density at radius 2 is 1.83 bits per heavy atom. The minimum atomic E-state index is -3.56. The van der Waals surface area contributed by atoms with Gasteiger partial charge in [0.05, 0.1) is 16.9 Å². The molecule has 1 amide bonds. The Balaban J connectivity index is 1.42. The average Bonchev–Trinajstić information content (AvgIpc) is 3.22. The molecule has 1 aliphatic carbocycles. The lowest BCUT2D eigenvalue weighted by molar-refractivity contribution is -0.126. The third-order valence-corrected chi connectivity index (χ3v) is 8.00. The second kappa shape index (κ2) is 8.28. The maximum Gasteiger partial charge on any atom is 0.243 e. The standard InChI is InChI=1S/C23H28N2O3S/c1-17(19-13-12-18-7-5-8-20(18)15-19)24-23(26)21-9-6-14-25(16-21)29(27,28)22-10-3-2-4-11-22/h2-4,10-13,15,17,21H,5-9,14,16H2,1H3,(H,24,26)/t17-,21-/m1/s1. The van der Waals surface area contributed by atoms with E-state index < -0.39 is 10.0 Å². The number of nitrogens with one attached hydrogen (secondary N) is 1. The molecule has 29 heavy (non-hydrogen) atoms. The number of carbonyl (C=O) groups excluding carboxylic acids is 1. The van der Waals surface area contributed by atoms with Gasteiger partial charge in [-0.3, -0.25) is 4.79 Å². The third-order valence-electron chi connectivity index (χ3n) is 6.12. The Labute approximate surface area is 173 Å². The summed E-state index contributed by atoms with van der Waals surface area (Å²) < 4.78 is 27.3. The molecule has 2 aromatic rings. The van der Waals surface area contributed by atoms with E-state index in [1.165, 1.54) is 21.9 Å². The highest BCUT2D eigenvalue weighted by molar-refractivity contribution is 7.89. The van der Waals surface area contributed by atoms with Crippen molar-refractivity contribution < 1.29 is 13.2 Å². The van der Waals surface area contributed by atoms with Crippen LogP contribution in [0.15, 0.2) is 53.4 Å². The van der Waals surface area contributed by atoms with Crippen molar-refractivity contribution in [3.05, 3.63) is 65.2 Å². The molecule has 1 saturated heterocycles. The number of piperidine rings is 1. The fourth-order valence-electron chi connectivity index (χ4n) is 4.39. The SMILES string of the molecule is C[C@@H](NC(=O)[C@@H]1CCCN(S(=O)(=O)c2ccccc2)C1)c1ccc2c(c1)CCC2. The molecule has 5 nitrogen and oxygen atoms in total. The molecule has 1 N–H and O–H groups in total. The van der Waals surface area contributed by atoms with Crippen LogP contribution in [-0.2, 0) is 27.7 Å². The second-order valence-electron chi connectivity index (χ2n) is 8.13. The van der Waals surface area contributed by atoms with E-state index in [4.69, 9.17) is 0 Å². The molecule has 0 unspecified atom stereocenters. The summed E-state index contributed by atoms with van der Waals surface area (Å²) in [7, 11) is -3.56. The first kappa shape index (κ1) is 20.1. The van der Waals surface area contributed by atoms with Crippen molar-refractivity contribution in [2.75, 3.05) is 13.1 Å². The van der Waals surface area contributed by atoms with Crippen LogP contribution in [0.25, 0.3) is 0 Å². The van der Waals surface area contributed by atoms with Crippen molar-refractivity contribution in [1.29, 1.82) is 0 Å². The number of benzene rings is 2. The first-order valence-corrected chi connectivity index (χ1v) is 11.9. The van der Waals surface area contributed by atoms with Crippen molar-refractivity contribution in [2.24, 2.45) is 5.92 Å². The highest BCUT2D eigenvalue weighted by Gasteiger charge is 2.33. The number of hydrogen-bond acceptors (Lipinski definition) is 3. The van der Waals surface area contributed by atoms with E-state index in [9.17, 15) is 13.2 Å². The largest absolute Gasteiger partial charge is 0.349 e. The van der Waals surface area contributed by atoms with Crippen LogP contribution in [0.1, 0.15) is 48.9 Å². The van der Waals surface area contributed by atoms with Crippen molar-refractivity contribution >= 4 is 15.9 Å². The van der Waals surface area contributed by atoms with Crippen LogP contribution in [0, 0.1) is 5.92 Å².